The largest absolute Gasteiger partial charge is 0.469 e. The highest BCUT2D eigenvalue weighted by molar-refractivity contribution is 9.10. The van der Waals surface area contributed by atoms with Crippen molar-refractivity contribution in [2.75, 3.05) is 7.11 Å². The first-order valence-electron chi connectivity index (χ1n) is 4.82. The summed E-state index contributed by atoms with van der Waals surface area (Å²) in [5.41, 5.74) is -4.22. The van der Waals surface area contributed by atoms with Gasteiger partial charge in [-0.2, -0.15) is 18.4 Å². The van der Waals surface area contributed by atoms with Crippen LogP contribution in [0.4, 0.5) is 13.2 Å². The van der Waals surface area contributed by atoms with Crippen LogP contribution in [0.5, 0.6) is 0 Å². The molecule has 0 saturated heterocycles. The van der Waals surface area contributed by atoms with E-state index in [1.165, 1.54) is 12.1 Å². The first-order chi connectivity index (χ1) is 8.78. The Hall–Kier alpha value is -1.20. The normalized spacial score (nSPS) is 10.9. The molecule has 3 nitrogen and oxygen atoms in total. The van der Waals surface area contributed by atoms with Gasteiger partial charge in [0.25, 0.3) is 0 Å². The molecule has 0 amide bonds. The van der Waals surface area contributed by atoms with Crippen LogP contribution in [-0.2, 0) is 16.0 Å². The third-order valence-electron chi connectivity index (χ3n) is 2.10. The monoisotopic (exact) mass is 353 g/mol. The van der Waals surface area contributed by atoms with Crippen LogP contribution in [0.1, 0.15) is 11.1 Å². The van der Waals surface area contributed by atoms with Gasteiger partial charge in [-0.3, -0.25) is 4.79 Å². The molecule has 0 saturated carbocycles. The molecule has 0 aliphatic heterocycles. The fourth-order valence-electron chi connectivity index (χ4n) is 1.29. The predicted molar refractivity (Wildman–Crippen MR) is 66.5 cm³/mol. The minimum Gasteiger partial charge on any atom is -0.469 e. The molecule has 0 fully saturated rings. The van der Waals surface area contributed by atoms with Crippen LogP contribution >= 0.6 is 27.7 Å². The number of thioether (sulfide) groups is 1. The van der Waals surface area contributed by atoms with Gasteiger partial charge >= 0.3 is 11.5 Å². The third-order valence-corrected chi connectivity index (χ3v) is 3.83. The Morgan fingerprint density at radius 2 is 2.16 bits per heavy atom. The Morgan fingerprint density at radius 3 is 2.63 bits per heavy atom. The number of carbonyl (C=O) groups excluding carboxylic acids is 1. The number of nitriles is 1. The molecule has 0 atom stereocenters. The molecular weight excluding hydrogens is 347 g/mol. The Balaban J connectivity index is 3.27. The average Bonchev–Trinajstić information content (AvgIpc) is 2.32. The Morgan fingerprint density at radius 1 is 1.53 bits per heavy atom. The highest BCUT2D eigenvalue weighted by Gasteiger charge is 2.31. The minimum atomic E-state index is -4.47. The van der Waals surface area contributed by atoms with E-state index in [1.54, 1.807) is 0 Å². The molecular formula is C11H7BrF3NO2S. The van der Waals surface area contributed by atoms with Crippen LogP contribution in [0.3, 0.4) is 0 Å². The Labute approximate surface area is 119 Å². The molecule has 0 spiro atoms. The topological polar surface area (TPSA) is 50.1 Å². The zero-order valence-corrected chi connectivity index (χ0v) is 11.9. The van der Waals surface area contributed by atoms with E-state index in [2.05, 4.69) is 20.7 Å². The molecule has 0 N–H and O–H groups in total. The standard InChI is InChI=1S/C11H7BrF3NO2S/c1-18-9(17)4-7-8(19-11(13,14)15)3-2-6(5-16)10(7)12/h2-3H,4H2,1H3. The van der Waals surface area contributed by atoms with Gasteiger partial charge in [0.15, 0.2) is 0 Å². The molecule has 0 aromatic heterocycles. The van der Waals surface area contributed by atoms with E-state index < -0.39 is 11.5 Å². The van der Waals surface area contributed by atoms with Gasteiger partial charge in [0.1, 0.15) is 6.07 Å². The second kappa shape index (κ2) is 6.30. The number of hydrogen-bond acceptors (Lipinski definition) is 4. The van der Waals surface area contributed by atoms with E-state index in [0.29, 0.717) is 0 Å². The molecule has 0 aliphatic rings. The van der Waals surface area contributed by atoms with Crippen molar-refractivity contribution >= 4 is 33.7 Å². The van der Waals surface area contributed by atoms with Gasteiger partial charge in [-0.15, -0.1) is 0 Å². The van der Waals surface area contributed by atoms with Crippen LogP contribution in [0.25, 0.3) is 0 Å². The van der Waals surface area contributed by atoms with E-state index >= 15 is 0 Å². The number of benzene rings is 1. The average molecular weight is 354 g/mol. The van der Waals surface area contributed by atoms with Crippen LogP contribution in [0, 0.1) is 11.3 Å². The number of ether oxygens (including phenoxy) is 1. The van der Waals surface area contributed by atoms with Crippen molar-refractivity contribution in [3.05, 3.63) is 27.7 Å². The maximum absolute atomic E-state index is 12.4. The van der Waals surface area contributed by atoms with Crippen molar-refractivity contribution in [2.45, 2.75) is 16.8 Å². The summed E-state index contributed by atoms with van der Waals surface area (Å²) in [5, 5.41) is 8.83. The number of methoxy groups -OCH3 is 1. The van der Waals surface area contributed by atoms with Gasteiger partial charge in [0.05, 0.1) is 19.1 Å². The zero-order chi connectivity index (χ0) is 14.6. The molecule has 0 radical (unpaired) electrons. The fraction of sp³-hybridized carbons (Fsp3) is 0.273. The lowest BCUT2D eigenvalue weighted by molar-refractivity contribution is -0.139. The minimum absolute atomic E-state index is 0.0909. The lowest BCUT2D eigenvalue weighted by atomic mass is 10.1. The number of hydrogen-bond donors (Lipinski definition) is 0. The van der Waals surface area contributed by atoms with Crippen LogP contribution in [0.2, 0.25) is 0 Å². The van der Waals surface area contributed by atoms with E-state index in [9.17, 15) is 18.0 Å². The lowest BCUT2D eigenvalue weighted by Crippen LogP contribution is -2.09. The van der Waals surface area contributed by atoms with Crippen molar-refractivity contribution in [1.29, 1.82) is 5.26 Å². The van der Waals surface area contributed by atoms with Crippen molar-refractivity contribution in [1.82, 2.24) is 0 Å². The first-order valence-corrected chi connectivity index (χ1v) is 6.43. The maximum atomic E-state index is 12.4. The molecule has 19 heavy (non-hydrogen) atoms. The van der Waals surface area contributed by atoms with Gasteiger partial charge in [0, 0.05) is 9.37 Å². The van der Waals surface area contributed by atoms with E-state index in [1.807, 2.05) is 6.07 Å². The third kappa shape index (κ3) is 4.44. The fourth-order valence-corrected chi connectivity index (χ4v) is 2.68. The van der Waals surface area contributed by atoms with Crippen LogP contribution < -0.4 is 0 Å². The smallest absolute Gasteiger partial charge is 0.446 e. The summed E-state index contributed by atoms with van der Waals surface area (Å²) in [5.74, 6) is -0.681. The van der Waals surface area contributed by atoms with Crippen molar-refractivity contribution in [2.24, 2.45) is 0 Å². The summed E-state index contributed by atoms with van der Waals surface area (Å²) < 4.78 is 41.9. The number of esters is 1. The quantitative estimate of drug-likeness (QED) is 0.614. The summed E-state index contributed by atoms with van der Waals surface area (Å²) in [6, 6.07) is 4.26. The lowest BCUT2D eigenvalue weighted by Gasteiger charge is -2.13. The van der Waals surface area contributed by atoms with Crippen LogP contribution in [0.15, 0.2) is 21.5 Å². The highest BCUT2D eigenvalue weighted by atomic mass is 79.9. The molecule has 8 heteroatoms. The van der Waals surface area contributed by atoms with Gasteiger partial charge in [0.2, 0.25) is 0 Å². The zero-order valence-electron chi connectivity index (χ0n) is 9.55. The number of carbonyl (C=O) groups is 1. The number of rotatable bonds is 3. The molecule has 102 valence electrons. The number of halogens is 4. The molecule has 1 aromatic carbocycles. The van der Waals surface area contributed by atoms with Crippen molar-refractivity contribution < 1.29 is 22.7 Å². The summed E-state index contributed by atoms with van der Waals surface area (Å²) in [4.78, 5) is 11.1. The van der Waals surface area contributed by atoms with Gasteiger partial charge < -0.3 is 4.74 Å². The SMILES string of the molecule is COC(=O)Cc1c(SC(F)(F)F)ccc(C#N)c1Br. The van der Waals surface area contributed by atoms with E-state index in [0.717, 1.165) is 7.11 Å². The Bertz CT molecular complexity index is 540. The highest BCUT2D eigenvalue weighted by Crippen LogP contribution is 2.41. The maximum Gasteiger partial charge on any atom is 0.446 e. The summed E-state index contributed by atoms with van der Waals surface area (Å²) in [6.07, 6.45) is -0.342. The Kier molecular flexibility index (Phi) is 5.26. The number of nitrogens with zero attached hydrogens (tertiary/aromatic N) is 1. The second-order valence-corrected chi connectivity index (χ2v) is 5.22. The number of alkyl halides is 3. The summed E-state index contributed by atoms with van der Waals surface area (Å²) in [6.45, 7) is 0. The summed E-state index contributed by atoms with van der Waals surface area (Å²) >= 11 is 2.71. The molecule has 0 bridgehead atoms. The van der Waals surface area contributed by atoms with Gasteiger partial charge in [-0.1, -0.05) is 0 Å². The molecule has 0 unspecified atom stereocenters. The molecule has 0 heterocycles. The molecule has 0 aliphatic carbocycles. The second-order valence-electron chi connectivity index (χ2n) is 3.32. The van der Waals surface area contributed by atoms with E-state index in [4.69, 9.17) is 5.26 Å². The van der Waals surface area contributed by atoms with Gasteiger partial charge in [-0.25, -0.2) is 0 Å². The molecule has 1 aromatic rings. The van der Waals surface area contributed by atoms with Crippen molar-refractivity contribution in [3.8, 4) is 6.07 Å². The van der Waals surface area contributed by atoms with Crippen molar-refractivity contribution in [3.63, 3.8) is 0 Å². The molecule has 1 rings (SSSR count). The summed E-state index contributed by atoms with van der Waals surface area (Å²) in [7, 11) is 1.14. The van der Waals surface area contributed by atoms with Gasteiger partial charge in [-0.05, 0) is 45.4 Å². The predicted octanol–water partition coefficient (Wildman–Crippen LogP) is 3.65. The van der Waals surface area contributed by atoms with Crippen LogP contribution in [-0.4, -0.2) is 18.6 Å². The van der Waals surface area contributed by atoms with E-state index in [-0.39, 0.29) is 38.7 Å². The first kappa shape index (κ1) is 15.9.